The van der Waals surface area contributed by atoms with Gasteiger partial charge in [-0.1, -0.05) is 38.0 Å². The van der Waals surface area contributed by atoms with Crippen LogP contribution in [-0.2, 0) is 4.79 Å². The Morgan fingerprint density at radius 3 is 2.46 bits per heavy atom. The number of thioether (sulfide) groups is 1. The molecule has 2 aliphatic rings. The summed E-state index contributed by atoms with van der Waals surface area (Å²) >= 11 is 1.46. The number of hydrogen-bond acceptors (Lipinski definition) is 3. The van der Waals surface area contributed by atoms with Crippen molar-refractivity contribution in [3.63, 3.8) is 0 Å². The first-order chi connectivity index (χ1) is 16.9. The highest BCUT2D eigenvalue weighted by atomic mass is 32.2. The van der Waals surface area contributed by atoms with Crippen molar-refractivity contribution in [3.8, 4) is 5.69 Å². The Bertz CT molecular complexity index is 1290. The summed E-state index contributed by atoms with van der Waals surface area (Å²) < 4.78 is 15.6. The van der Waals surface area contributed by atoms with Gasteiger partial charge >= 0.3 is 0 Å². The minimum atomic E-state index is -0.256. The second kappa shape index (κ2) is 9.86. The average Bonchev–Trinajstić information content (AvgIpc) is 3.30. The molecular weight excluding hydrogens is 457 g/mol. The van der Waals surface area contributed by atoms with Crippen LogP contribution < -0.4 is 0 Å². The number of carbonyl (C=O) groups is 1. The van der Waals surface area contributed by atoms with Gasteiger partial charge in [0.05, 0.1) is 10.6 Å². The van der Waals surface area contributed by atoms with Gasteiger partial charge in [-0.05, 0) is 98.5 Å². The van der Waals surface area contributed by atoms with E-state index in [4.69, 9.17) is 4.99 Å². The number of amidine groups is 1. The number of halogens is 1. The molecule has 0 radical (unpaired) electrons. The molecule has 1 aliphatic heterocycles. The zero-order valence-electron chi connectivity index (χ0n) is 20.4. The molecule has 0 bridgehead atoms. The molecule has 3 aromatic rings. The van der Waals surface area contributed by atoms with E-state index in [1.54, 1.807) is 12.1 Å². The van der Waals surface area contributed by atoms with Gasteiger partial charge in [-0.2, -0.15) is 0 Å². The van der Waals surface area contributed by atoms with Gasteiger partial charge in [0.15, 0.2) is 5.17 Å². The van der Waals surface area contributed by atoms with Crippen LogP contribution in [-0.4, -0.2) is 26.6 Å². The molecule has 1 saturated heterocycles. The van der Waals surface area contributed by atoms with Crippen LogP contribution in [0.4, 0.5) is 10.1 Å². The maximum Gasteiger partial charge on any atom is 0.267 e. The predicted octanol–water partition coefficient (Wildman–Crippen LogP) is 7.42. The maximum atomic E-state index is 13.8. The quantitative estimate of drug-likeness (QED) is 0.359. The van der Waals surface area contributed by atoms with Crippen LogP contribution in [0.5, 0.6) is 0 Å². The van der Waals surface area contributed by atoms with Gasteiger partial charge in [0.2, 0.25) is 0 Å². The number of carbonyl (C=O) groups excluding carboxylic acids is 1. The van der Waals surface area contributed by atoms with Crippen LogP contribution in [0.2, 0.25) is 0 Å². The van der Waals surface area contributed by atoms with Crippen molar-refractivity contribution in [2.75, 3.05) is 0 Å². The number of amides is 1. The van der Waals surface area contributed by atoms with Crippen LogP contribution in [0.15, 0.2) is 70.6 Å². The molecule has 1 amide bonds. The maximum absolute atomic E-state index is 13.8. The van der Waals surface area contributed by atoms with Gasteiger partial charge in [0.1, 0.15) is 5.82 Å². The zero-order chi connectivity index (χ0) is 24.5. The number of benzene rings is 2. The lowest BCUT2D eigenvalue weighted by Crippen LogP contribution is -2.44. The van der Waals surface area contributed by atoms with Gasteiger partial charge in [0.25, 0.3) is 5.91 Å². The molecule has 4 nitrogen and oxygen atoms in total. The Morgan fingerprint density at radius 1 is 1.03 bits per heavy atom. The highest BCUT2D eigenvalue weighted by Crippen LogP contribution is 2.40. The molecule has 5 rings (SSSR count). The van der Waals surface area contributed by atoms with Crippen molar-refractivity contribution in [2.24, 2.45) is 10.9 Å². The molecule has 35 heavy (non-hydrogen) atoms. The zero-order valence-corrected chi connectivity index (χ0v) is 21.2. The summed E-state index contributed by atoms with van der Waals surface area (Å²) in [5.74, 6) is 0.223. The number of nitrogens with zero attached hydrogens (tertiary/aromatic N) is 3. The Hall–Kier alpha value is -3.12. The number of para-hydroxylation sites is 1. The molecule has 1 saturated carbocycles. The van der Waals surface area contributed by atoms with Crippen LogP contribution >= 0.6 is 11.8 Å². The van der Waals surface area contributed by atoms with Crippen molar-refractivity contribution in [1.29, 1.82) is 0 Å². The number of rotatable bonds is 4. The lowest BCUT2D eigenvalue weighted by Gasteiger charge is -2.35. The van der Waals surface area contributed by atoms with Crippen molar-refractivity contribution >= 4 is 34.6 Å². The average molecular weight is 488 g/mol. The third-order valence-corrected chi connectivity index (χ3v) is 8.04. The number of aliphatic imine (C=N–C) groups is 1. The molecule has 2 fully saturated rings. The molecule has 2 atom stereocenters. The third-order valence-electron chi connectivity index (χ3n) is 7.06. The summed E-state index contributed by atoms with van der Waals surface area (Å²) in [6, 6.07) is 18.6. The normalized spacial score (nSPS) is 23.0. The van der Waals surface area contributed by atoms with Gasteiger partial charge in [-0.3, -0.25) is 9.69 Å². The van der Waals surface area contributed by atoms with Crippen LogP contribution in [0, 0.1) is 25.6 Å². The highest BCUT2D eigenvalue weighted by molar-refractivity contribution is 8.18. The van der Waals surface area contributed by atoms with E-state index in [2.05, 4.69) is 17.6 Å². The molecule has 180 valence electrons. The third kappa shape index (κ3) is 4.72. The molecular formula is C29H30FN3OS. The van der Waals surface area contributed by atoms with Crippen molar-refractivity contribution in [2.45, 2.75) is 52.5 Å². The van der Waals surface area contributed by atoms with Gasteiger partial charge in [0, 0.05) is 23.1 Å². The molecule has 2 heterocycles. The first kappa shape index (κ1) is 23.6. The van der Waals surface area contributed by atoms with E-state index in [-0.39, 0.29) is 17.8 Å². The molecule has 0 spiro atoms. The van der Waals surface area contributed by atoms with Crippen LogP contribution in [0.25, 0.3) is 11.8 Å². The van der Waals surface area contributed by atoms with E-state index in [9.17, 15) is 9.18 Å². The van der Waals surface area contributed by atoms with Gasteiger partial charge in [-0.15, -0.1) is 0 Å². The van der Waals surface area contributed by atoms with E-state index >= 15 is 0 Å². The molecule has 2 aromatic carbocycles. The van der Waals surface area contributed by atoms with E-state index in [1.807, 2.05) is 55.2 Å². The lowest BCUT2D eigenvalue weighted by molar-refractivity contribution is -0.124. The molecule has 6 heteroatoms. The first-order valence-electron chi connectivity index (χ1n) is 12.2. The molecule has 1 aliphatic carbocycles. The number of aromatic nitrogens is 1. The van der Waals surface area contributed by atoms with Crippen molar-refractivity contribution in [1.82, 2.24) is 9.47 Å². The summed E-state index contributed by atoms with van der Waals surface area (Å²) in [5, 5.41) is 0.763. The monoisotopic (exact) mass is 487 g/mol. The van der Waals surface area contributed by atoms with E-state index < -0.39 is 0 Å². The summed E-state index contributed by atoms with van der Waals surface area (Å²) in [6.45, 7) is 6.31. The fourth-order valence-electron chi connectivity index (χ4n) is 5.21. The first-order valence-corrected chi connectivity index (χ1v) is 13.1. The highest BCUT2D eigenvalue weighted by Gasteiger charge is 2.41. The second-order valence-corrected chi connectivity index (χ2v) is 10.5. The molecule has 0 unspecified atom stereocenters. The molecule has 0 N–H and O–H groups in total. The second-order valence-electron chi connectivity index (χ2n) is 9.48. The van der Waals surface area contributed by atoms with Crippen molar-refractivity contribution in [3.05, 3.63) is 88.3 Å². The lowest BCUT2D eigenvalue weighted by atomic mass is 9.85. The summed E-state index contributed by atoms with van der Waals surface area (Å²) in [4.78, 5) is 21.3. The SMILES string of the molecule is Cc1cc(/C=C2\SC(=Nc3ccccc3)N([C@H]3CCCC[C@H]3C)C2=O)c(C)n1-c1ccc(F)cc1. The fourth-order valence-corrected chi connectivity index (χ4v) is 6.25. The predicted molar refractivity (Wildman–Crippen MR) is 143 cm³/mol. The summed E-state index contributed by atoms with van der Waals surface area (Å²) in [6.07, 6.45) is 6.49. The van der Waals surface area contributed by atoms with E-state index in [0.29, 0.717) is 10.8 Å². The fraction of sp³-hybridized carbons (Fsp3) is 0.310. The minimum absolute atomic E-state index is 0.0371. The topological polar surface area (TPSA) is 37.6 Å². The van der Waals surface area contributed by atoms with Crippen LogP contribution in [0.1, 0.15) is 49.6 Å². The summed E-state index contributed by atoms with van der Waals surface area (Å²) in [7, 11) is 0. The Kier molecular flexibility index (Phi) is 6.65. The van der Waals surface area contributed by atoms with E-state index in [1.165, 1.54) is 30.3 Å². The number of aryl methyl sites for hydroxylation is 1. The summed E-state index contributed by atoms with van der Waals surface area (Å²) in [5.41, 5.74) is 4.79. The van der Waals surface area contributed by atoms with Gasteiger partial charge in [-0.25, -0.2) is 9.38 Å². The van der Waals surface area contributed by atoms with E-state index in [0.717, 1.165) is 52.8 Å². The standard InChI is InChI=1S/C29H30FN3OS/c1-19-9-7-8-12-26(19)33-28(34)27(35-29(33)31-24-10-5-4-6-11-24)18-22-17-20(2)32(21(22)3)25-15-13-23(30)14-16-25/h4-6,10-11,13-19,26H,7-9,12H2,1-3H3/b27-18-,31-29?/t19-,26+/m1/s1. The van der Waals surface area contributed by atoms with Crippen LogP contribution in [0.3, 0.4) is 0 Å². The minimum Gasteiger partial charge on any atom is -0.318 e. The Balaban J connectivity index is 1.53. The number of hydrogen-bond donors (Lipinski definition) is 0. The Morgan fingerprint density at radius 2 is 1.74 bits per heavy atom. The largest absolute Gasteiger partial charge is 0.318 e. The van der Waals surface area contributed by atoms with Gasteiger partial charge < -0.3 is 4.57 Å². The van der Waals surface area contributed by atoms with Crippen molar-refractivity contribution < 1.29 is 9.18 Å². The molecule has 1 aromatic heterocycles. The smallest absolute Gasteiger partial charge is 0.267 e. The Labute approximate surface area is 210 Å².